The molecule has 0 amide bonds. The van der Waals surface area contributed by atoms with Gasteiger partial charge in [-0.1, -0.05) is 38.1 Å². The van der Waals surface area contributed by atoms with E-state index in [2.05, 4.69) is 58.1 Å². The summed E-state index contributed by atoms with van der Waals surface area (Å²) >= 11 is 0. The van der Waals surface area contributed by atoms with Crippen LogP contribution < -0.4 is 12.4 Å². The van der Waals surface area contributed by atoms with Crippen molar-refractivity contribution in [3.8, 4) is 0 Å². The summed E-state index contributed by atoms with van der Waals surface area (Å²) in [5.74, 6) is 0.698. The van der Waals surface area contributed by atoms with E-state index in [0.717, 1.165) is 0 Å². The second kappa shape index (κ2) is 6.62. The Balaban J connectivity index is 0.00000225. The molecule has 1 atom stereocenters. The highest BCUT2D eigenvalue weighted by Gasteiger charge is 2.17. The molecule has 1 aromatic rings. The van der Waals surface area contributed by atoms with Crippen molar-refractivity contribution in [2.45, 2.75) is 32.3 Å². The zero-order valence-corrected chi connectivity index (χ0v) is 12.8. The van der Waals surface area contributed by atoms with Crippen molar-refractivity contribution in [3.63, 3.8) is 0 Å². The molecule has 0 radical (unpaired) electrons. The predicted octanol–water partition coefficient (Wildman–Crippen LogP) is 1.61. The van der Waals surface area contributed by atoms with E-state index in [4.69, 9.17) is 0 Å². The molecule has 92 valence electrons. The fraction of sp³-hybridized carbons (Fsp3) is 0.571. The third kappa shape index (κ3) is 5.32. The predicted molar refractivity (Wildman–Crippen MR) is 73.5 cm³/mol. The van der Waals surface area contributed by atoms with Crippen LogP contribution in [0.5, 0.6) is 0 Å². The van der Waals surface area contributed by atoms with Crippen LogP contribution >= 0.6 is 7.26 Å². The number of benzene rings is 1. The van der Waals surface area contributed by atoms with Gasteiger partial charge in [-0.15, -0.1) is 0 Å². The van der Waals surface area contributed by atoms with Crippen LogP contribution in [0.25, 0.3) is 0 Å². The molecule has 0 aliphatic rings. The third-order valence-corrected chi connectivity index (χ3v) is 4.13. The van der Waals surface area contributed by atoms with Crippen molar-refractivity contribution in [1.82, 2.24) is 0 Å². The monoisotopic (exact) mass is 258 g/mol. The molecule has 1 aromatic carbocycles. The molecule has 0 bridgehead atoms. The quantitative estimate of drug-likeness (QED) is 0.720. The molecule has 0 heterocycles. The van der Waals surface area contributed by atoms with Gasteiger partial charge in [0.1, 0.15) is 0 Å². The average molecular weight is 259 g/mol. The highest BCUT2D eigenvalue weighted by molar-refractivity contribution is 7.72. The first-order valence-corrected chi connectivity index (χ1v) is 9.13. The average Bonchev–Trinajstić information content (AvgIpc) is 2.15. The number of hydrogen-bond donors (Lipinski definition) is 0. The molecule has 0 aliphatic carbocycles. The summed E-state index contributed by atoms with van der Waals surface area (Å²) in [5, 5.41) is 0. The Morgan fingerprint density at radius 1 is 1.06 bits per heavy atom. The minimum Gasteiger partial charge on any atom is -1.00 e. The standard InChI is InChI=1S/C14H24P.ClH/c1-6-12(2)14-9-7-13(8-10-14)11-15(3,4)5;/h7-10,12H,6,11H2,1-5H3;1H/q+1;/p-1. The summed E-state index contributed by atoms with van der Waals surface area (Å²) in [7, 11) is -0.683. The van der Waals surface area contributed by atoms with Gasteiger partial charge in [-0.05, 0) is 23.5 Å². The van der Waals surface area contributed by atoms with E-state index in [1.165, 1.54) is 23.7 Å². The lowest BCUT2D eigenvalue weighted by atomic mass is 9.98. The van der Waals surface area contributed by atoms with E-state index in [0.29, 0.717) is 5.92 Å². The van der Waals surface area contributed by atoms with Gasteiger partial charge in [0.15, 0.2) is 0 Å². The highest BCUT2D eigenvalue weighted by Crippen LogP contribution is 2.49. The Morgan fingerprint density at radius 2 is 1.56 bits per heavy atom. The van der Waals surface area contributed by atoms with E-state index in [1.54, 1.807) is 0 Å². The maximum atomic E-state index is 2.40. The fourth-order valence-electron chi connectivity index (χ4n) is 1.74. The van der Waals surface area contributed by atoms with Gasteiger partial charge in [0.2, 0.25) is 0 Å². The largest absolute Gasteiger partial charge is 1.00 e. The van der Waals surface area contributed by atoms with Crippen LogP contribution in [0.3, 0.4) is 0 Å². The molecule has 16 heavy (non-hydrogen) atoms. The van der Waals surface area contributed by atoms with Gasteiger partial charge in [0, 0.05) is 27.3 Å². The molecule has 0 spiro atoms. The van der Waals surface area contributed by atoms with Crippen molar-refractivity contribution in [2.75, 3.05) is 20.0 Å². The lowest BCUT2D eigenvalue weighted by Gasteiger charge is -2.13. The van der Waals surface area contributed by atoms with Crippen LogP contribution in [0.1, 0.15) is 37.3 Å². The normalized spacial score (nSPS) is 13.1. The number of halogens is 1. The molecule has 0 saturated carbocycles. The van der Waals surface area contributed by atoms with Crippen LogP contribution in [0.2, 0.25) is 0 Å². The van der Waals surface area contributed by atoms with Gasteiger partial charge < -0.3 is 12.4 Å². The molecule has 0 fully saturated rings. The van der Waals surface area contributed by atoms with Crippen LogP contribution in [-0.2, 0) is 6.16 Å². The first kappa shape index (κ1) is 15.9. The smallest absolute Gasteiger partial charge is 0.0834 e. The summed E-state index contributed by atoms with van der Waals surface area (Å²) in [6.45, 7) is 11.7. The Morgan fingerprint density at radius 3 is 1.94 bits per heavy atom. The van der Waals surface area contributed by atoms with Crippen molar-refractivity contribution in [2.24, 2.45) is 0 Å². The van der Waals surface area contributed by atoms with Crippen LogP contribution in [0, 0.1) is 0 Å². The fourth-order valence-corrected chi connectivity index (χ4v) is 3.04. The van der Waals surface area contributed by atoms with Gasteiger partial charge in [0.25, 0.3) is 0 Å². The van der Waals surface area contributed by atoms with Crippen molar-refractivity contribution in [1.29, 1.82) is 0 Å². The van der Waals surface area contributed by atoms with Crippen LogP contribution in [-0.4, -0.2) is 20.0 Å². The van der Waals surface area contributed by atoms with Gasteiger partial charge in [-0.2, -0.15) is 0 Å². The zero-order chi connectivity index (χ0) is 11.5. The summed E-state index contributed by atoms with van der Waals surface area (Å²) in [4.78, 5) is 0. The lowest BCUT2D eigenvalue weighted by Crippen LogP contribution is -3.00. The molecule has 0 aliphatic heterocycles. The van der Waals surface area contributed by atoms with Crippen molar-refractivity contribution in [3.05, 3.63) is 35.4 Å². The minimum absolute atomic E-state index is 0. The second-order valence-electron chi connectivity index (χ2n) is 5.50. The van der Waals surface area contributed by atoms with Gasteiger partial charge in [0.05, 0.1) is 6.16 Å². The Hall–Kier alpha value is -0.0600. The molecule has 0 saturated heterocycles. The van der Waals surface area contributed by atoms with E-state index < -0.39 is 7.26 Å². The van der Waals surface area contributed by atoms with E-state index in [-0.39, 0.29) is 12.4 Å². The van der Waals surface area contributed by atoms with Crippen molar-refractivity contribution < 1.29 is 12.4 Å². The molecule has 1 unspecified atom stereocenters. The van der Waals surface area contributed by atoms with Crippen LogP contribution in [0.15, 0.2) is 24.3 Å². The molecule has 2 heteroatoms. The Bertz CT molecular complexity index is 298. The summed E-state index contributed by atoms with van der Waals surface area (Å²) in [6, 6.07) is 9.23. The third-order valence-electron chi connectivity index (χ3n) is 2.82. The summed E-state index contributed by atoms with van der Waals surface area (Å²) in [5.41, 5.74) is 2.98. The van der Waals surface area contributed by atoms with Gasteiger partial charge >= 0.3 is 0 Å². The molecule has 0 nitrogen and oxygen atoms in total. The van der Waals surface area contributed by atoms with Crippen LogP contribution in [0.4, 0.5) is 0 Å². The van der Waals surface area contributed by atoms with E-state index in [9.17, 15) is 0 Å². The maximum Gasteiger partial charge on any atom is 0.0834 e. The number of rotatable bonds is 4. The summed E-state index contributed by atoms with van der Waals surface area (Å²) in [6.07, 6.45) is 2.50. The lowest BCUT2D eigenvalue weighted by molar-refractivity contribution is -0.00000359. The minimum atomic E-state index is -0.683. The van der Waals surface area contributed by atoms with Gasteiger partial charge in [-0.3, -0.25) is 0 Å². The summed E-state index contributed by atoms with van der Waals surface area (Å²) < 4.78 is 0. The molecular weight excluding hydrogens is 235 g/mol. The maximum absolute atomic E-state index is 2.40. The Labute approximate surface area is 108 Å². The molecule has 1 rings (SSSR count). The second-order valence-corrected chi connectivity index (χ2v) is 10.4. The number of hydrogen-bond acceptors (Lipinski definition) is 0. The van der Waals surface area contributed by atoms with E-state index in [1.807, 2.05) is 0 Å². The first-order valence-electron chi connectivity index (χ1n) is 5.81. The topological polar surface area (TPSA) is 0 Å². The van der Waals surface area contributed by atoms with E-state index >= 15 is 0 Å². The highest BCUT2D eigenvalue weighted by atomic mass is 35.5. The van der Waals surface area contributed by atoms with Crippen molar-refractivity contribution >= 4 is 7.26 Å². The Kier molecular flexibility index (Phi) is 6.60. The molecular formula is C14H24ClP. The van der Waals surface area contributed by atoms with Gasteiger partial charge in [-0.25, -0.2) is 0 Å². The first-order chi connectivity index (χ1) is 6.92. The molecule has 0 N–H and O–H groups in total. The zero-order valence-electron chi connectivity index (χ0n) is 11.1. The molecule has 0 aromatic heterocycles. The SMILES string of the molecule is CCC(C)c1ccc(C[P+](C)(C)C)cc1.[Cl-].